The molecule has 104 valence electrons. The molecule has 1 aliphatic heterocycles. The minimum Gasteiger partial charge on any atom is -0.376 e. The minimum atomic E-state index is -0.940. The van der Waals surface area contributed by atoms with Crippen molar-refractivity contribution in [1.29, 1.82) is 0 Å². The van der Waals surface area contributed by atoms with E-state index in [0.717, 1.165) is 31.5 Å². The van der Waals surface area contributed by atoms with Crippen molar-refractivity contribution >= 4 is 11.4 Å². The Hall–Kier alpha value is -1.76. The molecule has 2 atom stereocenters. The van der Waals surface area contributed by atoms with Gasteiger partial charge in [0.15, 0.2) is 11.6 Å². The summed E-state index contributed by atoms with van der Waals surface area (Å²) in [7, 11) is 0. The van der Waals surface area contributed by atoms with Gasteiger partial charge in [0.25, 0.3) is 5.69 Å². The highest BCUT2D eigenvalue weighted by Gasteiger charge is 2.24. The minimum absolute atomic E-state index is 0.0859. The number of piperidine rings is 1. The van der Waals surface area contributed by atoms with Crippen molar-refractivity contribution in [3.8, 4) is 0 Å². The van der Waals surface area contributed by atoms with E-state index >= 15 is 0 Å². The van der Waals surface area contributed by atoms with Crippen LogP contribution in [0.3, 0.4) is 0 Å². The van der Waals surface area contributed by atoms with Crippen LogP contribution >= 0.6 is 0 Å². The Labute approximate surface area is 109 Å². The number of nitro benzene ring substituents is 1. The number of benzene rings is 1. The lowest BCUT2D eigenvalue weighted by molar-refractivity contribution is -0.385. The standard InChI is InChI=1S/C12H15F2N3O2/c1-7-11(3-2-4-15-7)16-12-9(13)5-8(17(18)19)6-10(12)14/h5-7,11,15-16H,2-4H2,1H3. The van der Waals surface area contributed by atoms with Gasteiger partial charge in [-0.2, -0.15) is 0 Å². The zero-order chi connectivity index (χ0) is 14.0. The van der Waals surface area contributed by atoms with Gasteiger partial charge in [-0.1, -0.05) is 0 Å². The summed E-state index contributed by atoms with van der Waals surface area (Å²) in [6.45, 7) is 2.81. The second-order valence-electron chi connectivity index (χ2n) is 4.68. The second kappa shape index (κ2) is 5.48. The quantitative estimate of drug-likeness (QED) is 0.654. The molecule has 1 aliphatic rings. The Morgan fingerprint density at radius 2 is 2.05 bits per heavy atom. The van der Waals surface area contributed by atoms with Gasteiger partial charge >= 0.3 is 0 Å². The van der Waals surface area contributed by atoms with E-state index in [-0.39, 0.29) is 17.8 Å². The maximum absolute atomic E-state index is 13.7. The monoisotopic (exact) mass is 271 g/mol. The van der Waals surface area contributed by atoms with Crippen molar-refractivity contribution in [2.75, 3.05) is 11.9 Å². The molecule has 1 heterocycles. The number of nitrogens with zero attached hydrogens (tertiary/aromatic N) is 1. The normalized spacial score (nSPS) is 23.1. The Bertz CT molecular complexity index is 473. The number of rotatable bonds is 3. The molecule has 19 heavy (non-hydrogen) atoms. The van der Waals surface area contributed by atoms with Gasteiger partial charge in [0.05, 0.1) is 17.1 Å². The molecule has 0 spiro atoms. The highest BCUT2D eigenvalue weighted by molar-refractivity contribution is 5.52. The molecule has 5 nitrogen and oxygen atoms in total. The summed E-state index contributed by atoms with van der Waals surface area (Å²) in [5.41, 5.74) is -0.887. The molecule has 0 aromatic heterocycles. The predicted octanol–water partition coefficient (Wildman–Crippen LogP) is 2.43. The van der Waals surface area contributed by atoms with E-state index in [4.69, 9.17) is 0 Å². The van der Waals surface area contributed by atoms with Crippen LogP contribution < -0.4 is 10.6 Å². The molecule has 7 heteroatoms. The third-order valence-corrected chi connectivity index (χ3v) is 3.33. The van der Waals surface area contributed by atoms with Gasteiger partial charge in [-0.05, 0) is 26.3 Å². The van der Waals surface area contributed by atoms with E-state index in [1.54, 1.807) is 0 Å². The lowest BCUT2D eigenvalue weighted by Crippen LogP contribution is -2.46. The first-order chi connectivity index (χ1) is 8.99. The van der Waals surface area contributed by atoms with Crippen molar-refractivity contribution in [3.05, 3.63) is 33.9 Å². The van der Waals surface area contributed by atoms with Crippen LogP contribution in [0.2, 0.25) is 0 Å². The van der Waals surface area contributed by atoms with E-state index in [1.165, 1.54) is 0 Å². The Kier molecular flexibility index (Phi) is 3.94. The van der Waals surface area contributed by atoms with E-state index in [9.17, 15) is 18.9 Å². The van der Waals surface area contributed by atoms with E-state index < -0.39 is 22.2 Å². The van der Waals surface area contributed by atoms with Gasteiger partial charge in [0, 0.05) is 12.1 Å². The number of hydrogen-bond acceptors (Lipinski definition) is 4. The summed E-state index contributed by atoms with van der Waals surface area (Å²) in [5.74, 6) is -1.88. The largest absolute Gasteiger partial charge is 0.376 e. The van der Waals surface area contributed by atoms with Crippen molar-refractivity contribution in [1.82, 2.24) is 5.32 Å². The average molecular weight is 271 g/mol. The van der Waals surface area contributed by atoms with Gasteiger partial charge in [-0.25, -0.2) is 8.78 Å². The number of hydrogen-bond donors (Lipinski definition) is 2. The summed E-state index contributed by atoms with van der Waals surface area (Å²) in [5, 5.41) is 16.5. The number of nitrogens with one attached hydrogen (secondary N) is 2. The van der Waals surface area contributed by atoms with Crippen molar-refractivity contribution < 1.29 is 13.7 Å². The molecule has 1 fully saturated rings. The molecule has 2 unspecified atom stereocenters. The summed E-state index contributed by atoms with van der Waals surface area (Å²) in [4.78, 5) is 9.68. The first kappa shape index (κ1) is 13.7. The van der Waals surface area contributed by atoms with Crippen molar-refractivity contribution in [2.45, 2.75) is 31.8 Å². The van der Waals surface area contributed by atoms with Crippen molar-refractivity contribution in [3.63, 3.8) is 0 Å². The smallest absolute Gasteiger partial charge is 0.275 e. The predicted molar refractivity (Wildman–Crippen MR) is 67.1 cm³/mol. The summed E-state index contributed by atoms with van der Waals surface area (Å²) >= 11 is 0. The van der Waals surface area contributed by atoms with Crippen LogP contribution in [0.1, 0.15) is 19.8 Å². The molecule has 0 amide bonds. The molecule has 0 aliphatic carbocycles. The zero-order valence-electron chi connectivity index (χ0n) is 10.5. The fourth-order valence-electron chi connectivity index (χ4n) is 2.23. The molecular formula is C12H15F2N3O2. The van der Waals surface area contributed by atoms with Gasteiger partial charge in [0.1, 0.15) is 5.69 Å². The van der Waals surface area contributed by atoms with Crippen LogP contribution in [0.25, 0.3) is 0 Å². The Morgan fingerprint density at radius 3 is 2.58 bits per heavy atom. The first-order valence-corrected chi connectivity index (χ1v) is 6.12. The van der Waals surface area contributed by atoms with E-state index in [2.05, 4.69) is 10.6 Å². The van der Waals surface area contributed by atoms with Gasteiger partial charge in [-0.3, -0.25) is 10.1 Å². The molecule has 0 saturated carbocycles. The molecule has 1 aromatic carbocycles. The molecule has 1 aromatic rings. The first-order valence-electron chi connectivity index (χ1n) is 6.12. The zero-order valence-corrected chi connectivity index (χ0v) is 10.5. The summed E-state index contributed by atoms with van der Waals surface area (Å²) in [6.07, 6.45) is 1.71. The fourth-order valence-corrected chi connectivity index (χ4v) is 2.23. The van der Waals surface area contributed by atoms with Gasteiger partial charge in [0.2, 0.25) is 0 Å². The fraction of sp³-hybridized carbons (Fsp3) is 0.500. The molecular weight excluding hydrogens is 256 g/mol. The van der Waals surface area contributed by atoms with Crippen molar-refractivity contribution in [2.24, 2.45) is 0 Å². The maximum atomic E-state index is 13.7. The van der Waals surface area contributed by atoms with Crippen LogP contribution in [-0.2, 0) is 0 Å². The van der Waals surface area contributed by atoms with Crippen LogP contribution in [-0.4, -0.2) is 23.6 Å². The number of anilines is 1. The third-order valence-electron chi connectivity index (χ3n) is 3.33. The number of halogens is 2. The molecule has 0 radical (unpaired) electrons. The lowest BCUT2D eigenvalue weighted by atomic mass is 9.99. The molecule has 0 bridgehead atoms. The van der Waals surface area contributed by atoms with Crippen LogP contribution in [0.4, 0.5) is 20.2 Å². The molecule has 2 N–H and O–H groups in total. The van der Waals surface area contributed by atoms with E-state index in [0.29, 0.717) is 0 Å². The SMILES string of the molecule is CC1NCCCC1Nc1c(F)cc([N+](=O)[O-])cc1F. The maximum Gasteiger partial charge on any atom is 0.275 e. The van der Waals surface area contributed by atoms with Gasteiger partial charge in [-0.15, -0.1) is 0 Å². The Morgan fingerprint density at radius 1 is 1.42 bits per heavy atom. The topological polar surface area (TPSA) is 67.2 Å². The lowest BCUT2D eigenvalue weighted by Gasteiger charge is -2.31. The summed E-state index contributed by atoms with van der Waals surface area (Å²) in [6, 6.07) is 1.44. The highest BCUT2D eigenvalue weighted by Crippen LogP contribution is 2.26. The average Bonchev–Trinajstić information content (AvgIpc) is 2.35. The van der Waals surface area contributed by atoms with Crippen LogP contribution in [0.5, 0.6) is 0 Å². The molecule has 2 rings (SSSR count). The Balaban J connectivity index is 2.22. The van der Waals surface area contributed by atoms with Crippen LogP contribution in [0.15, 0.2) is 12.1 Å². The number of nitro groups is 1. The van der Waals surface area contributed by atoms with E-state index in [1.807, 2.05) is 6.92 Å². The highest BCUT2D eigenvalue weighted by atomic mass is 19.1. The summed E-state index contributed by atoms with van der Waals surface area (Å²) < 4.78 is 27.5. The third kappa shape index (κ3) is 2.98. The second-order valence-corrected chi connectivity index (χ2v) is 4.68. The number of non-ortho nitro benzene ring substituents is 1. The van der Waals surface area contributed by atoms with Crippen LogP contribution in [0, 0.1) is 21.7 Å². The van der Waals surface area contributed by atoms with Gasteiger partial charge < -0.3 is 10.6 Å². The molecule has 1 saturated heterocycles.